The minimum Gasteiger partial charge on any atom is -0.465 e. The van der Waals surface area contributed by atoms with Crippen LogP contribution in [-0.2, 0) is 23.6 Å². The van der Waals surface area contributed by atoms with Gasteiger partial charge in [0.15, 0.2) is 5.16 Å². The van der Waals surface area contributed by atoms with Crippen molar-refractivity contribution in [3.63, 3.8) is 0 Å². The number of methoxy groups -OCH3 is 1. The highest BCUT2D eigenvalue weighted by Crippen LogP contribution is 2.33. The van der Waals surface area contributed by atoms with Crippen LogP contribution < -0.4 is 0 Å². The topological polar surface area (TPSA) is 61.9 Å². The number of carbonyl (C=O) groups is 1. The molecule has 0 aliphatic carbocycles. The number of fused-ring (bicyclic) bond motifs is 3. The van der Waals surface area contributed by atoms with Crippen molar-refractivity contribution in [1.29, 1.82) is 0 Å². The maximum absolute atomic E-state index is 12.3. The van der Waals surface area contributed by atoms with Crippen LogP contribution in [0.2, 0.25) is 0 Å². The molecule has 6 nitrogen and oxygen atoms in total. The van der Waals surface area contributed by atoms with Crippen molar-refractivity contribution in [3.05, 3.63) is 112 Å². The second-order valence-corrected chi connectivity index (χ2v) is 13.7. The van der Waals surface area contributed by atoms with E-state index in [2.05, 4.69) is 101 Å². The standard InChI is InChI=1S/C37H34N4O2S2/c1-24(2)16-17-40-33-15-13-29(36(42)43-3)21-31(33)38-35(40)28-12-14-34-32(20-28)39-37(41(34)22-30-9-6-18-44-30)45-23-25-10-11-26-7-4-5-8-27(26)19-25/h4-15,18-21,24H,16-17,22-23H2,1-3H3. The van der Waals surface area contributed by atoms with Crippen molar-refractivity contribution in [2.45, 2.75) is 44.3 Å². The van der Waals surface area contributed by atoms with Gasteiger partial charge in [0.05, 0.1) is 41.3 Å². The highest BCUT2D eigenvalue weighted by Gasteiger charge is 2.19. The first kappa shape index (κ1) is 29.3. The monoisotopic (exact) mass is 630 g/mol. The number of esters is 1. The molecule has 3 heterocycles. The van der Waals surface area contributed by atoms with E-state index in [4.69, 9.17) is 14.7 Å². The molecule has 0 N–H and O–H groups in total. The molecule has 7 aromatic rings. The first-order valence-corrected chi connectivity index (χ1v) is 17.1. The molecule has 0 amide bonds. The van der Waals surface area contributed by atoms with Crippen LogP contribution in [0.4, 0.5) is 0 Å². The van der Waals surface area contributed by atoms with Crippen molar-refractivity contribution in [2.24, 2.45) is 5.92 Å². The van der Waals surface area contributed by atoms with Crippen LogP contribution in [0.5, 0.6) is 0 Å². The quantitative estimate of drug-likeness (QED) is 0.111. The summed E-state index contributed by atoms with van der Waals surface area (Å²) in [5.41, 5.74) is 6.63. The third-order valence-electron chi connectivity index (χ3n) is 8.15. The average molecular weight is 631 g/mol. The van der Waals surface area contributed by atoms with E-state index in [1.165, 1.54) is 28.3 Å². The highest BCUT2D eigenvalue weighted by molar-refractivity contribution is 7.98. The fourth-order valence-electron chi connectivity index (χ4n) is 5.75. The van der Waals surface area contributed by atoms with Crippen LogP contribution in [0.1, 0.15) is 41.1 Å². The average Bonchev–Trinajstić information content (AvgIpc) is 3.79. The Balaban J connectivity index is 1.28. The second-order valence-electron chi connectivity index (χ2n) is 11.7. The molecule has 4 aromatic carbocycles. The Morgan fingerprint density at radius 1 is 0.867 bits per heavy atom. The van der Waals surface area contributed by atoms with Gasteiger partial charge < -0.3 is 13.9 Å². The highest BCUT2D eigenvalue weighted by atomic mass is 32.2. The lowest BCUT2D eigenvalue weighted by atomic mass is 10.1. The fraction of sp³-hybridized carbons (Fsp3) is 0.216. The minimum absolute atomic E-state index is 0.360. The predicted molar refractivity (Wildman–Crippen MR) is 186 cm³/mol. The SMILES string of the molecule is COC(=O)c1ccc2c(c1)nc(-c1ccc3c(c1)nc(SCc1ccc4ccccc4c1)n3Cc1cccs1)n2CCC(C)C. The fourth-order valence-corrected chi connectivity index (χ4v) is 7.40. The van der Waals surface area contributed by atoms with E-state index in [1.807, 2.05) is 18.2 Å². The number of imidazole rings is 2. The zero-order valence-electron chi connectivity index (χ0n) is 25.6. The molecule has 0 aliphatic rings. The third kappa shape index (κ3) is 6.00. The number of carbonyl (C=O) groups excluding carboxylic acids is 1. The number of thiophene rings is 1. The summed E-state index contributed by atoms with van der Waals surface area (Å²) in [6, 6.07) is 31.6. The molecule has 0 radical (unpaired) electrons. The molecule has 7 rings (SSSR count). The van der Waals surface area contributed by atoms with Gasteiger partial charge in [-0.2, -0.15) is 0 Å². The molecule has 0 saturated carbocycles. The van der Waals surface area contributed by atoms with E-state index in [9.17, 15) is 4.79 Å². The van der Waals surface area contributed by atoms with Gasteiger partial charge in [0.2, 0.25) is 0 Å². The molecular weight excluding hydrogens is 597 g/mol. The van der Waals surface area contributed by atoms with E-state index in [0.717, 1.165) is 63.9 Å². The molecule has 45 heavy (non-hydrogen) atoms. The maximum Gasteiger partial charge on any atom is 0.337 e. The summed E-state index contributed by atoms with van der Waals surface area (Å²) in [5, 5.41) is 5.64. The van der Waals surface area contributed by atoms with Gasteiger partial charge in [-0.3, -0.25) is 0 Å². The van der Waals surface area contributed by atoms with Gasteiger partial charge in [0.1, 0.15) is 5.82 Å². The van der Waals surface area contributed by atoms with Gasteiger partial charge in [0.25, 0.3) is 0 Å². The number of hydrogen-bond acceptors (Lipinski definition) is 6. The van der Waals surface area contributed by atoms with Gasteiger partial charge in [-0.15, -0.1) is 11.3 Å². The van der Waals surface area contributed by atoms with Gasteiger partial charge in [0, 0.05) is 22.7 Å². The van der Waals surface area contributed by atoms with E-state index in [0.29, 0.717) is 11.5 Å². The van der Waals surface area contributed by atoms with Gasteiger partial charge in [-0.05, 0) is 76.5 Å². The Labute approximate surface area is 270 Å². The largest absolute Gasteiger partial charge is 0.465 e. The first-order valence-electron chi connectivity index (χ1n) is 15.2. The second kappa shape index (κ2) is 12.5. The molecule has 0 bridgehead atoms. The third-order valence-corrected chi connectivity index (χ3v) is 10.1. The number of benzene rings is 4. The van der Waals surface area contributed by atoms with Gasteiger partial charge in [-0.1, -0.05) is 74.1 Å². The number of ether oxygens (including phenoxy) is 1. The number of aromatic nitrogens is 4. The van der Waals surface area contributed by atoms with E-state index in [1.54, 1.807) is 23.1 Å². The van der Waals surface area contributed by atoms with Crippen molar-refractivity contribution < 1.29 is 9.53 Å². The molecule has 0 atom stereocenters. The van der Waals surface area contributed by atoms with E-state index >= 15 is 0 Å². The molecule has 0 fully saturated rings. The molecule has 226 valence electrons. The summed E-state index contributed by atoms with van der Waals surface area (Å²) in [5.74, 6) is 1.90. The smallest absolute Gasteiger partial charge is 0.337 e. The predicted octanol–water partition coefficient (Wildman–Crippen LogP) is 9.44. The zero-order chi connectivity index (χ0) is 30.9. The number of aryl methyl sites for hydroxylation is 1. The van der Waals surface area contributed by atoms with Crippen molar-refractivity contribution in [1.82, 2.24) is 19.1 Å². The number of hydrogen-bond donors (Lipinski definition) is 0. The summed E-state index contributed by atoms with van der Waals surface area (Å²) in [6.07, 6.45) is 1.02. The maximum atomic E-state index is 12.3. The van der Waals surface area contributed by atoms with Crippen molar-refractivity contribution in [2.75, 3.05) is 7.11 Å². The van der Waals surface area contributed by atoms with Crippen molar-refractivity contribution in [3.8, 4) is 11.4 Å². The molecule has 0 saturated heterocycles. The summed E-state index contributed by atoms with van der Waals surface area (Å²) < 4.78 is 9.57. The lowest BCUT2D eigenvalue weighted by Gasteiger charge is -2.12. The number of thioether (sulfide) groups is 1. The van der Waals surface area contributed by atoms with Gasteiger partial charge >= 0.3 is 5.97 Å². The minimum atomic E-state index is -0.360. The van der Waals surface area contributed by atoms with Crippen LogP contribution in [0.3, 0.4) is 0 Å². The summed E-state index contributed by atoms with van der Waals surface area (Å²) in [6.45, 7) is 6.07. The Bertz CT molecular complexity index is 2140. The van der Waals surface area contributed by atoms with Crippen LogP contribution in [0.15, 0.2) is 102 Å². The summed E-state index contributed by atoms with van der Waals surface area (Å²) >= 11 is 3.54. The Morgan fingerprint density at radius 2 is 1.67 bits per heavy atom. The molecule has 0 spiro atoms. The lowest BCUT2D eigenvalue weighted by Crippen LogP contribution is -2.04. The number of nitrogens with zero attached hydrogens (tertiary/aromatic N) is 4. The van der Waals surface area contributed by atoms with Crippen LogP contribution in [0.25, 0.3) is 44.2 Å². The Hall–Kier alpha value is -4.40. The molecule has 0 aliphatic heterocycles. The normalized spacial score (nSPS) is 11.7. The first-order chi connectivity index (χ1) is 22.0. The van der Waals surface area contributed by atoms with Crippen LogP contribution >= 0.6 is 23.1 Å². The Kier molecular flexibility index (Phi) is 8.17. The molecular formula is C37H34N4O2S2. The lowest BCUT2D eigenvalue weighted by molar-refractivity contribution is 0.0601. The molecule has 3 aromatic heterocycles. The number of rotatable bonds is 10. The Morgan fingerprint density at radius 3 is 2.47 bits per heavy atom. The summed E-state index contributed by atoms with van der Waals surface area (Å²) in [7, 11) is 1.40. The van der Waals surface area contributed by atoms with Crippen LogP contribution in [-0.4, -0.2) is 32.2 Å². The van der Waals surface area contributed by atoms with Crippen molar-refractivity contribution >= 4 is 61.9 Å². The molecule has 0 unspecified atom stereocenters. The zero-order valence-corrected chi connectivity index (χ0v) is 27.2. The van der Waals surface area contributed by atoms with Gasteiger partial charge in [-0.25, -0.2) is 14.8 Å². The van der Waals surface area contributed by atoms with E-state index in [-0.39, 0.29) is 5.97 Å². The summed E-state index contributed by atoms with van der Waals surface area (Å²) in [4.78, 5) is 23.8. The van der Waals surface area contributed by atoms with E-state index < -0.39 is 0 Å². The van der Waals surface area contributed by atoms with Crippen LogP contribution in [0, 0.1) is 5.92 Å². The molecule has 8 heteroatoms.